The molecule has 0 saturated carbocycles. The van der Waals surface area contributed by atoms with Crippen LogP contribution in [0.5, 0.6) is 5.75 Å². The monoisotopic (exact) mass is 533 g/mol. The van der Waals surface area contributed by atoms with E-state index >= 15 is 0 Å². The Bertz CT molecular complexity index is 1490. The summed E-state index contributed by atoms with van der Waals surface area (Å²) in [6.45, 7) is 2.15. The van der Waals surface area contributed by atoms with E-state index in [2.05, 4.69) is 25.9 Å². The molecular weight excluding hydrogens is 509 g/mol. The van der Waals surface area contributed by atoms with Crippen molar-refractivity contribution in [3.05, 3.63) is 95.5 Å². The number of hydrogen-bond donors (Lipinski definition) is 3. The van der Waals surface area contributed by atoms with Crippen molar-refractivity contribution in [2.45, 2.75) is 20.0 Å². The zero-order valence-electron chi connectivity index (χ0n) is 20.5. The van der Waals surface area contributed by atoms with E-state index in [4.69, 9.17) is 16.3 Å². The van der Waals surface area contributed by atoms with Crippen LogP contribution in [0.3, 0.4) is 0 Å². The normalized spacial score (nSPS) is 10.9. The van der Waals surface area contributed by atoms with Crippen molar-refractivity contribution in [3.8, 4) is 5.75 Å². The Morgan fingerprint density at radius 3 is 2.68 bits per heavy atom. The van der Waals surface area contributed by atoms with Crippen LogP contribution in [0.2, 0.25) is 5.02 Å². The quantitative estimate of drug-likeness (QED) is 0.224. The lowest BCUT2D eigenvalue weighted by molar-refractivity contribution is -0.117. The van der Waals surface area contributed by atoms with Gasteiger partial charge >= 0.3 is 0 Å². The molecule has 0 radical (unpaired) electrons. The van der Waals surface area contributed by atoms with E-state index in [-0.39, 0.29) is 37.2 Å². The van der Waals surface area contributed by atoms with Crippen LogP contribution in [0.25, 0.3) is 10.9 Å². The molecule has 10 heteroatoms. The van der Waals surface area contributed by atoms with Crippen LogP contribution in [0, 0.1) is 5.82 Å². The zero-order chi connectivity index (χ0) is 26.9. The summed E-state index contributed by atoms with van der Waals surface area (Å²) in [6, 6.07) is 16.7. The summed E-state index contributed by atoms with van der Waals surface area (Å²) < 4.78 is 19.1. The molecule has 0 unspecified atom stereocenters. The lowest BCUT2D eigenvalue weighted by atomic mass is 10.2. The number of amides is 2. The fourth-order valence-corrected chi connectivity index (χ4v) is 3.82. The summed E-state index contributed by atoms with van der Waals surface area (Å²) >= 11 is 6.42. The van der Waals surface area contributed by atoms with Crippen LogP contribution >= 0.6 is 11.6 Å². The molecule has 194 valence electrons. The molecule has 0 aliphatic carbocycles. The number of anilines is 3. The van der Waals surface area contributed by atoms with Crippen LogP contribution in [0.15, 0.2) is 79.1 Å². The molecule has 0 atom stereocenters. The van der Waals surface area contributed by atoms with E-state index in [1.807, 2.05) is 0 Å². The van der Waals surface area contributed by atoms with Gasteiger partial charge < -0.3 is 20.7 Å². The fourth-order valence-electron chi connectivity index (χ4n) is 3.59. The smallest absolute Gasteiger partial charge is 0.243 e. The number of ether oxygens (including phenoxy) is 1. The summed E-state index contributed by atoms with van der Waals surface area (Å²) in [5.41, 5.74) is 2.61. The molecule has 3 N–H and O–H groups in total. The predicted octanol–water partition coefficient (Wildman–Crippen LogP) is 5.77. The van der Waals surface area contributed by atoms with Crippen molar-refractivity contribution in [2.24, 2.45) is 0 Å². The molecular formula is C28H25ClFN5O3. The van der Waals surface area contributed by atoms with E-state index in [0.29, 0.717) is 44.4 Å². The topological polar surface area (TPSA) is 105 Å². The number of halogens is 2. The van der Waals surface area contributed by atoms with E-state index < -0.39 is 0 Å². The molecule has 4 aromatic rings. The maximum atomic E-state index is 13.4. The number of nitrogens with zero attached hydrogens (tertiary/aromatic N) is 2. The minimum Gasteiger partial charge on any atom is -0.487 e. The molecule has 0 aliphatic rings. The summed E-state index contributed by atoms with van der Waals surface area (Å²) in [7, 11) is 0. The SMILES string of the molecule is C/C=C/C(=O)NCCC(=O)Nc1ccc2ncnc(Nc3ccc(OCc4cccc(F)c4)c(Cl)c3)c2c1. The van der Waals surface area contributed by atoms with E-state index in [0.717, 1.165) is 0 Å². The van der Waals surface area contributed by atoms with Gasteiger partial charge in [-0.3, -0.25) is 9.59 Å². The average molecular weight is 534 g/mol. The third kappa shape index (κ3) is 7.27. The van der Waals surface area contributed by atoms with Gasteiger partial charge in [0.2, 0.25) is 11.8 Å². The number of rotatable bonds is 10. The van der Waals surface area contributed by atoms with Crippen molar-refractivity contribution in [2.75, 3.05) is 17.2 Å². The standard InChI is InChI=1S/C28H25ClFN5O3/c1-2-4-26(36)31-12-11-27(37)34-20-7-9-24-22(14-20)28(33-17-32-24)35-21-8-10-25(23(29)15-21)38-16-18-5-3-6-19(30)13-18/h2-10,13-15,17H,11-12,16H2,1H3,(H,31,36)(H,34,37)(H,32,33,35)/b4-2+. The fraction of sp³-hybridized carbons (Fsp3) is 0.143. The highest BCUT2D eigenvalue weighted by Crippen LogP contribution is 2.31. The highest BCUT2D eigenvalue weighted by Gasteiger charge is 2.10. The maximum absolute atomic E-state index is 13.4. The van der Waals surface area contributed by atoms with Crippen molar-refractivity contribution in [1.29, 1.82) is 0 Å². The molecule has 8 nitrogen and oxygen atoms in total. The number of hydrogen-bond acceptors (Lipinski definition) is 6. The molecule has 38 heavy (non-hydrogen) atoms. The van der Waals surface area contributed by atoms with Crippen molar-refractivity contribution in [3.63, 3.8) is 0 Å². The van der Waals surface area contributed by atoms with E-state index in [1.54, 1.807) is 61.5 Å². The molecule has 4 rings (SSSR count). The summed E-state index contributed by atoms with van der Waals surface area (Å²) in [5, 5.41) is 9.76. The second kappa shape index (κ2) is 12.6. The van der Waals surface area contributed by atoms with Gasteiger partial charge in [-0.05, 0) is 67.1 Å². The Morgan fingerprint density at radius 2 is 1.89 bits per heavy atom. The summed E-state index contributed by atoms with van der Waals surface area (Å²) in [5.74, 6) is 0.169. The second-order valence-corrected chi connectivity index (χ2v) is 8.64. The lowest BCUT2D eigenvalue weighted by Gasteiger charge is -2.13. The number of fused-ring (bicyclic) bond motifs is 1. The van der Waals surface area contributed by atoms with Gasteiger partial charge in [0.15, 0.2) is 0 Å². The Hall–Kier alpha value is -4.50. The van der Waals surface area contributed by atoms with Crippen molar-refractivity contribution >= 4 is 51.5 Å². The maximum Gasteiger partial charge on any atom is 0.243 e. The van der Waals surface area contributed by atoms with Gasteiger partial charge in [-0.25, -0.2) is 14.4 Å². The molecule has 0 spiro atoms. The van der Waals surface area contributed by atoms with Crippen LogP contribution in [0.4, 0.5) is 21.6 Å². The molecule has 0 saturated heterocycles. The first-order chi connectivity index (χ1) is 18.4. The van der Waals surface area contributed by atoms with Crippen molar-refractivity contribution < 1.29 is 18.7 Å². The largest absolute Gasteiger partial charge is 0.487 e. The number of nitrogens with one attached hydrogen (secondary N) is 3. The number of carbonyl (C=O) groups is 2. The number of carbonyl (C=O) groups excluding carboxylic acids is 2. The molecule has 0 fully saturated rings. The Labute approximate surface area is 223 Å². The first-order valence-electron chi connectivity index (χ1n) is 11.8. The van der Waals surface area contributed by atoms with E-state index in [9.17, 15) is 14.0 Å². The van der Waals surface area contributed by atoms with Gasteiger partial charge in [0.05, 0.1) is 10.5 Å². The minimum atomic E-state index is -0.329. The number of allylic oxidation sites excluding steroid dienone is 1. The zero-order valence-corrected chi connectivity index (χ0v) is 21.3. The first-order valence-corrected chi connectivity index (χ1v) is 12.2. The Kier molecular flexibility index (Phi) is 8.84. The first kappa shape index (κ1) is 26.6. The molecule has 1 heterocycles. The molecule has 3 aromatic carbocycles. The predicted molar refractivity (Wildman–Crippen MR) is 146 cm³/mol. The van der Waals surface area contributed by atoms with Gasteiger partial charge in [0, 0.05) is 29.7 Å². The van der Waals surface area contributed by atoms with Crippen LogP contribution in [-0.2, 0) is 16.2 Å². The van der Waals surface area contributed by atoms with Crippen LogP contribution in [-0.4, -0.2) is 28.3 Å². The molecule has 0 aliphatic heterocycles. The van der Waals surface area contributed by atoms with Gasteiger partial charge in [-0.2, -0.15) is 0 Å². The molecule has 1 aromatic heterocycles. The number of aromatic nitrogens is 2. The van der Waals surface area contributed by atoms with Gasteiger partial charge in [-0.15, -0.1) is 0 Å². The molecule has 0 bridgehead atoms. The molecule has 2 amide bonds. The van der Waals surface area contributed by atoms with E-state index in [1.165, 1.54) is 24.5 Å². The Morgan fingerprint density at radius 1 is 1.05 bits per heavy atom. The third-order valence-corrected chi connectivity index (χ3v) is 5.66. The van der Waals surface area contributed by atoms with Gasteiger partial charge in [-0.1, -0.05) is 29.8 Å². The van der Waals surface area contributed by atoms with Gasteiger partial charge in [0.25, 0.3) is 0 Å². The Balaban J connectivity index is 1.42. The average Bonchev–Trinajstić information content (AvgIpc) is 2.89. The summed E-state index contributed by atoms with van der Waals surface area (Å²) in [4.78, 5) is 32.4. The number of benzene rings is 3. The van der Waals surface area contributed by atoms with Crippen molar-refractivity contribution in [1.82, 2.24) is 15.3 Å². The van der Waals surface area contributed by atoms with Crippen LogP contribution in [0.1, 0.15) is 18.9 Å². The lowest BCUT2D eigenvalue weighted by Crippen LogP contribution is -2.26. The highest BCUT2D eigenvalue weighted by atomic mass is 35.5. The second-order valence-electron chi connectivity index (χ2n) is 8.23. The van der Waals surface area contributed by atoms with Gasteiger partial charge in [0.1, 0.15) is 30.3 Å². The highest BCUT2D eigenvalue weighted by molar-refractivity contribution is 6.32. The summed E-state index contributed by atoms with van der Waals surface area (Å²) in [6.07, 6.45) is 4.60. The third-order valence-electron chi connectivity index (χ3n) is 5.37. The van der Waals surface area contributed by atoms with Crippen LogP contribution < -0.4 is 20.7 Å². The minimum absolute atomic E-state index is 0.129.